The second-order valence-electron chi connectivity index (χ2n) is 17.7. The maximum absolute atomic E-state index is 14.0. The molecule has 6 heterocycles. The van der Waals surface area contributed by atoms with Gasteiger partial charge in [-0.05, 0) is 108 Å². The number of halogens is 6. The molecule has 5 N–H and O–H groups in total. The van der Waals surface area contributed by atoms with Crippen molar-refractivity contribution >= 4 is 84.1 Å². The van der Waals surface area contributed by atoms with Crippen molar-refractivity contribution in [3.8, 4) is 58.1 Å². The van der Waals surface area contributed by atoms with Gasteiger partial charge in [0.05, 0.1) is 60.9 Å². The SMILES string of the molecule is C.C.C.CCOC(=O)c1nn2c(c1-c1ccc(C#N)c(F)c1)OCCC2.CCOC(=O)c1nn2c(c1Br)OCCC2.N#Cc1ccc(-c2c(C(=O)NC3CC3)nn3c2OCCC3)cc1F.N#Cc1ccc(B(O)O)cc1F.NC1CC1.[Ca+2].[Cl-].[Cl-]. The molecule has 2 fully saturated rings. The van der Waals surface area contributed by atoms with E-state index in [9.17, 15) is 27.6 Å². The number of ether oxygens (including phenoxy) is 5. The van der Waals surface area contributed by atoms with E-state index in [1.165, 1.54) is 49.2 Å². The quantitative estimate of drug-likeness (QED) is 0.117. The van der Waals surface area contributed by atoms with Crippen molar-refractivity contribution in [2.45, 2.75) is 113 Å². The molecule has 5 aliphatic rings. The van der Waals surface area contributed by atoms with Crippen molar-refractivity contribution in [3.63, 3.8) is 0 Å². The summed E-state index contributed by atoms with van der Waals surface area (Å²) in [6.45, 7) is 7.74. The van der Waals surface area contributed by atoms with Gasteiger partial charge in [-0.25, -0.2) is 36.8 Å². The van der Waals surface area contributed by atoms with Crippen LogP contribution in [0.25, 0.3) is 22.3 Å². The van der Waals surface area contributed by atoms with Crippen molar-refractivity contribution in [3.05, 3.63) is 110 Å². The molecule has 0 unspecified atom stereocenters. The molecule has 3 aromatic carbocycles. The van der Waals surface area contributed by atoms with Crippen molar-refractivity contribution in [1.82, 2.24) is 34.7 Å². The number of amides is 1. The van der Waals surface area contributed by atoms with Crippen LogP contribution >= 0.6 is 15.9 Å². The number of carbonyl (C=O) groups excluding carboxylic acids is 3. The van der Waals surface area contributed by atoms with Crippen LogP contribution < -0.4 is 55.5 Å². The summed E-state index contributed by atoms with van der Waals surface area (Å²) in [5.74, 6) is -1.80. The first-order valence-electron chi connectivity index (χ1n) is 24.8. The van der Waals surface area contributed by atoms with E-state index in [1.54, 1.807) is 58.2 Å². The Kier molecular flexibility index (Phi) is 32.2. The predicted molar refractivity (Wildman–Crippen MR) is 301 cm³/mol. The van der Waals surface area contributed by atoms with Crippen LogP contribution in [0.15, 0.2) is 59.1 Å². The molecule has 0 spiro atoms. The van der Waals surface area contributed by atoms with Crippen molar-refractivity contribution < 1.29 is 86.1 Å². The first-order valence-corrected chi connectivity index (χ1v) is 25.6. The number of nitrogens with zero attached hydrogens (tertiary/aromatic N) is 9. The van der Waals surface area contributed by atoms with Gasteiger partial charge >= 0.3 is 56.8 Å². The Bertz CT molecular complexity index is 3330. The molecule has 1 amide bonds. The average molecular weight is 1300 g/mol. The zero-order valence-electron chi connectivity index (χ0n) is 43.8. The van der Waals surface area contributed by atoms with Crippen LogP contribution in [-0.4, -0.2) is 147 Å². The molecule has 0 radical (unpaired) electrons. The Morgan fingerprint density at radius 2 is 1.05 bits per heavy atom. The Labute approximate surface area is 536 Å². The summed E-state index contributed by atoms with van der Waals surface area (Å²) in [5, 5.41) is 59.0. The summed E-state index contributed by atoms with van der Waals surface area (Å²) >= 11 is 3.30. The zero-order chi connectivity index (χ0) is 56.0. The van der Waals surface area contributed by atoms with Gasteiger partial charge in [-0.3, -0.25) is 4.79 Å². The summed E-state index contributed by atoms with van der Waals surface area (Å²) in [5.41, 5.74) is 7.44. The number of nitrogens with one attached hydrogen (secondary N) is 1. The van der Waals surface area contributed by atoms with Crippen molar-refractivity contribution in [1.29, 1.82) is 15.8 Å². The molecule has 0 atom stereocenters. The molecule has 2 saturated carbocycles. The molecule has 21 nitrogen and oxygen atoms in total. The van der Waals surface area contributed by atoms with Gasteiger partial charge in [0.2, 0.25) is 17.6 Å². The van der Waals surface area contributed by atoms with Gasteiger partial charge in [0.1, 0.15) is 40.1 Å². The smallest absolute Gasteiger partial charge is 1.00 e. The monoisotopic (exact) mass is 1300 g/mol. The maximum atomic E-state index is 14.0. The number of aromatic nitrogens is 6. The molecule has 3 aliphatic heterocycles. The summed E-state index contributed by atoms with van der Waals surface area (Å²) in [4.78, 5) is 36.2. The molecule has 6 aromatic rings. The largest absolute Gasteiger partial charge is 2.00 e. The first-order chi connectivity index (χ1) is 37.6. The van der Waals surface area contributed by atoms with Gasteiger partial charge in [0, 0.05) is 51.0 Å². The molecular weight excluding hydrogens is 1230 g/mol. The van der Waals surface area contributed by atoms with Gasteiger partial charge in [-0.1, -0.05) is 40.5 Å². The summed E-state index contributed by atoms with van der Waals surface area (Å²) < 4.78 is 72.9. The van der Waals surface area contributed by atoms with Crippen LogP contribution in [-0.2, 0) is 29.1 Å². The number of esters is 2. The number of carbonyl (C=O) groups is 3. The Balaban J connectivity index is 0.000000550. The van der Waals surface area contributed by atoms with E-state index in [1.807, 2.05) is 0 Å². The number of fused-ring (bicyclic) bond motifs is 3. The standard InChI is InChI=1S/C17H15FN4O2.C16H14FN3O3.C9H11BrN2O3.C7H5BFNO2.C3H7N.3CH4.Ca.2ClH/c18-13-8-10(2-3-11(13)9-19)14-15(16(23)20-12-4-5-12)21-22-6-1-7-24-17(14)22;1-2-22-16(21)14-13(15-20(19-14)6-3-7-23-15)10-4-5-11(9-18)12(17)8-10;1-2-14-9(13)7-6(10)8-12(11-7)4-3-5-15-8;9-7-3-6(8(11)12)2-1-5(7)4-10;4-3-1-2-3;;;;;;/h2-3,8,12H,1,4-7H2,(H,20,23);4-5,8H,2-3,6-7H2,1H3;2-5H2,1H3;1-3,11-12H;3H,1-2,4H2;3*1H4;;2*1H/q;;;;;;;;+2;;/p-2. The molecule has 3 aromatic heterocycles. The Hall–Kier alpha value is -6.38. The summed E-state index contributed by atoms with van der Waals surface area (Å²) in [6.07, 6.45) is 6.95. The van der Waals surface area contributed by atoms with E-state index in [-0.39, 0.29) is 143 Å². The number of hydrogen-bond donors (Lipinski definition) is 4. The molecule has 0 saturated heterocycles. The van der Waals surface area contributed by atoms with E-state index in [2.05, 4.69) is 36.5 Å². The number of nitriles is 3. The van der Waals surface area contributed by atoms with Gasteiger partial charge in [0.15, 0.2) is 17.1 Å². The number of nitrogens with two attached hydrogens (primary N) is 1. The van der Waals surface area contributed by atoms with Gasteiger partial charge in [-0.15, -0.1) is 0 Å². The minimum Gasteiger partial charge on any atom is -1.00 e. The van der Waals surface area contributed by atoms with E-state index < -0.39 is 36.5 Å². The Morgan fingerprint density at radius 1 is 0.667 bits per heavy atom. The van der Waals surface area contributed by atoms with Crippen molar-refractivity contribution in [2.75, 3.05) is 33.0 Å². The van der Waals surface area contributed by atoms with Crippen LogP contribution in [0.1, 0.15) is 129 Å². The molecule has 29 heteroatoms. The van der Waals surface area contributed by atoms with E-state index in [0.29, 0.717) is 89.9 Å². The summed E-state index contributed by atoms with van der Waals surface area (Å²) in [7, 11) is -1.70. The topological polar surface area (TPSA) is 301 Å². The fourth-order valence-electron chi connectivity index (χ4n) is 7.59. The number of benzene rings is 3. The third-order valence-electron chi connectivity index (χ3n) is 11.8. The van der Waals surface area contributed by atoms with E-state index in [0.717, 1.165) is 44.7 Å². The molecule has 84 heavy (non-hydrogen) atoms. The van der Waals surface area contributed by atoms with E-state index >= 15 is 0 Å². The first kappa shape index (κ1) is 75.6. The molecule has 0 bridgehead atoms. The van der Waals surface area contributed by atoms with Crippen LogP contribution in [0, 0.1) is 51.4 Å². The molecule has 446 valence electrons. The summed E-state index contributed by atoms with van der Waals surface area (Å²) in [6, 6.07) is 17.8. The minimum atomic E-state index is -1.70. The van der Waals surface area contributed by atoms with Crippen molar-refractivity contribution in [2.24, 2.45) is 5.73 Å². The number of rotatable bonds is 9. The predicted octanol–water partition coefficient (Wildman–Crippen LogP) is 1.38. The van der Waals surface area contributed by atoms with Gasteiger partial charge in [-0.2, -0.15) is 31.1 Å². The number of hydrogen-bond acceptors (Lipinski definition) is 17. The number of aryl methyl sites for hydroxylation is 3. The van der Waals surface area contributed by atoms with Crippen LogP contribution in [0.2, 0.25) is 0 Å². The van der Waals surface area contributed by atoms with Crippen LogP contribution in [0.5, 0.6) is 17.6 Å². The Morgan fingerprint density at radius 3 is 1.43 bits per heavy atom. The second-order valence-corrected chi connectivity index (χ2v) is 18.5. The van der Waals surface area contributed by atoms with Crippen LogP contribution in [0.3, 0.4) is 0 Å². The average Bonchev–Trinajstić information content (AvgIpc) is 3.69. The third kappa shape index (κ3) is 19.3. The molecule has 11 rings (SSSR count). The normalized spacial score (nSPS) is 13.2. The third-order valence-corrected chi connectivity index (χ3v) is 12.5. The van der Waals surface area contributed by atoms with E-state index in [4.69, 9.17) is 55.3 Å². The zero-order valence-corrected chi connectivity index (χ0v) is 49.1. The maximum Gasteiger partial charge on any atom is 2.00 e. The fraction of sp³-hybridized carbons (Fsp3) is 0.400. The van der Waals surface area contributed by atoms with Gasteiger partial charge < -0.3 is 69.6 Å². The van der Waals surface area contributed by atoms with Gasteiger partial charge in [0.25, 0.3) is 5.91 Å². The second kappa shape index (κ2) is 35.8. The fourth-order valence-corrected chi connectivity index (χ4v) is 8.15. The van der Waals surface area contributed by atoms with Crippen LogP contribution in [0.4, 0.5) is 13.2 Å². The minimum absolute atomic E-state index is 0. The molecule has 2 aliphatic carbocycles. The molecular formula is C55H64BBrCaCl2F3N11O10.